The summed E-state index contributed by atoms with van der Waals surface area (Å²) in [6, 6.07) is 12.7. The molecule has 0 saturated heterocycles. The third-order valence-corrected chi connectivity index (χ3v) is 5.10. The molecule has 2 aromatic carbocycles. The first-order valence-electron chi connectivity index (χ1n) is 9.74. The van der Waals surface area contributed by atoms with E-state index in [0.717, 1.165) is 10.1 Å². The van der Waals surface area contributed by atoms with Gasteiger partial charge in [0.2, 0.25) is 5.91 Å². The van der Waals surface area contributed by atoms with Crippen molar-refractivity contribution in [1.82, 2.24) is 19.4 Å². The van der Waals surface area contributed by atoms with E-state index in [4.69, 9.17) is 0 Å². The number of hydrogen-bond acceptors (Lipinski definition) is 4. The molecule has 7 nitrogen and oxygen atoms in total. The van der Waals surface area contributed by atoms with Gasteiger partial charge >= 0.3 is 5.69 Å². The van der Waals surface area contributed by atoms with Crippen LogP contribution in [0.4, 0.5) is 4.39 Å². The van der Waals surface area contributed by atoms with Crippen LogP contribution in [0.2, 0.25) is 0 Å². The van der Waals surface area contributed by atoms with E-state index in [0.29, 0.717) is 10.9 Å². The van der Waals surface area contributed by atoms with E-state index in [-0.39, 0.29) is 43.0 Å². The van der Waals surface area contributed by atoms with Crippen molar-refractivity contribution >= 4 is 16.8 Å². The van der Waals surface area contributed by atoms with Crippen molar-refractivity contribution in [3.05, 3.63) is 80.7 Å². The minimum atomic E-state index is -0.523. The molecule has 0 bridgehead atoms. The number of para-hydroxylation sites is 1. The van der Waals surface area contributed by atoms with Crippen LogP contribution in [0.5, 0.6) is 0 Å². The molecule has 3 aromatic rings. The summed E-state index contributed by atoms with van der Waals surface area (Å²) < 4.78 is 16.0. The fourth-order valence-corrected chi connectivity index (χ4v) is 3.52. The molecule has 3 rings (SSSR count). The zero-order valence-corrected chi connectivity index (χ0v) is 17.3. The molecule has 0 aliphatic carbocycles. The molecular formula is C22H25FN4O3. The van der Waals surface area contributed by atoms with Crippen LogP contribution in [-0.2, 0) is 17.9 Å². The minimum absolute atomic E-state index is 0.215. The number of likely N-dealkylation sites (N-methyl/N-ethyl adjacent to an activating group) is 1. The highest BCUT2D eigenvalue weighted by atomic mass is 19.1. The number of nitrogens with one attached hydrogen (secondary N) is 1. The SMILES string of the molecule is CCn1c(=O)c2ccccc2n(CC(=O)NCC(c2cccc(F)c2)N(C)C)c1=O. The Balaban J connectivity index is 1.85. The first-order chi connectivity index (χ1) is 14.3. The molecule has 30 heavy (non-hydrogen) atoms. The summed E-state index contributed by atoms with van der Waals surface area (Å²) in [5.41, 5.74) is 0.267. The average Bonchev–Trinajstić information content (AvgIpc) is 2.71. The Labute approximate surface area is 173 Å². The van der Waals surface area contributed by atoms with Crippen LogP contribution in [0.1, 0.15) is 18.5 Å². The zero-order valence-electron chi connectivity index (χ0n) is 17.3. The number of benzene rings is 2. The summed E-state index contributed by atoms with van der Waals surface area (Å²) >= 11 is 0. The van der Waals surface area contributed by atoms with Gasteiger partial charge in [-0.2, -0.15) is 0 Å². The van der Waals surface area contributed by atoms with Crippen LogP contribution in [0.3, 0.4) is 0 Å². The Kier molecular flexibility index (Phi) is 6.47. The Morgan fingerprint density at radius 2 is 1.83 bits per heavy atom. The largest absolute Gasteiger partial charge is 0.353 e. The molecule has 0 fully saturated rings. The standard InChI is InChI=1S/C22H25FN4O3/c1-4-26-21(29)17-10-5-6-11-18(17)27(22(26)30)14-20(28)24-13-19(25(2)3)15-8-7-9-16(23)12-15/h5-12,19H,4,13-14H2,1-3H3,(H,24,28). The topological polar surface area (TPSA) is 76.3 Å². The molecule has 0 aliphatic rings. The van der Waals surface area contributed by atoms with Gasteiger partial charge in [-0.25, -0.2) is 9.18 Å². The lowest BCUT2D eigenvalue weighted by molar-refractivity contribution is -0.121. The van der Waals surface area contributed by atoms with Crippen molar-refractivity contribution in [3.8, 4) is 0 Å². The monoisotopic (exact) mass is 412 g/mol. The van der Waals surface area contributed by atoms with Crippen LogP contribution in [0.15, 0.2) is 58.1 Å². The molecule has 0 aliphatic heterocycles. The van der Waals surface area contributed by atoms with E-state index in [1.807, 2.05) is 19.0 Å². The predicted molar refractivity (Wildman–Crippen MR) is 114 cm³/mol. The molecule has 0 radical (unpaired) electrons. The van der Waals surface area contributed by atoms with Gasteiger partial charge in [-0.3, -0.25) is 18.7 Å². The maximum absolute atomic E-state index is 13.6. The van der Waals surface area contributed by atoms with Crippen LogP contribution >= 0.6 is 0 Å². The van der Waals surface area contributed by atoms with Crippen molar-refractivity contribution in [3.63, 3.8) is 0 Å². The Hall–Kier alpha value is -3.26. The van der Waals surface area contributed by atoms with E-state index >= 15 is 0 Å². The van der Waals surface area contributed by atoms with E-state index in [2.05, 4.69) is 5.32 Å². The molecule has 1 aromatic heterocycles. The van der Waals surface area contributed by atoms with Gasteiger partial charge in [-0.15, -0.1) is 0 Å². The van der Waals surface area contributed by atoms with Crippen molar-refractivity contribution < 1.29 is 9.18 Å². The van der Waals surface area contributed by atoms with Gasteiger partial charge in [0.1, 0.15) is 12.4 Å². The Bertz CT molecular complexity index is 1180. The maximum Gasteiger partial charge on any atom is 0.331 e. The molecule has 0 saturated carbocycles. The van der Waals surface area contributed by atoms with Crippen molar-refractivity contribution in [2.24, 2.45) is 0 Å². The summed E-state index contributed by atoms with van der Waals surface area (Å²) in [6.07, 6.45) is 0. The highest BCUT2D eigenvalue weighted by molar-refractivity contribution is 5.81. The summed E-state index contributed by atoms with van der Waals surface area (Å²) in [5, 5.41) is 3.21. The van der Waals surface area contributed by atoms with E-state index < -0.39 is 5.69 Å². The van der Waals surface area contributed by atoms with E-state index in [1.165, 1.54) is 16.7 Å². The third kappa shape index (κ3) is 4.33. The number of halogens is 1. The summed E-state index contributed by atoms with van der Waals surface area (Å²) in [5.74, 6) is -0.711. The summed E-state index contributed by atoms with van der Waals surface area (Å²) in [6.45, 7) is 1.95. The molecule has 1 N–H and O–H groups in total. The lowest BCUT2D eigenvalue weighted by Gasteiger charge is -2.25. The normalized spacial score (nSPS) is 12.3. The van der Waals surface area contributed by atoms with Crippen LogP contribution in [0.25, 0.3) is 10.9 Å². The molecule has 0 spiro atoms. The summed E-state index contributed by atoms with van der Waals surface area (Å²) in [7, 11) is 3.69. The van der Waals surface area contributed by atoms with E-state index in [9.17, 15) is 18.8 Å². The second-order valence-corrected chi connectivity index (χ2v) is 7.27. The van der Waals surface area contributed by atoms with Crippen LogP contribution < -0.4 is 16.6 Å². The first kappa shape index (κ1) is 21.4. The summed E-state index contributed by atoms with van der Waals surface area (Å²) in [4.78, 5) is 39.8. The number of fused-ring (bicyclic) bond motifs is 1. The Morgan fingerprint density at radius 1 is 1.10 bits per heavy atom. The molecular weight excluding hydrogens is 387 g/mol. The maximum atomic E-state index is 13.6. The quantitative estimate of drug-likeness (QED) is 0.641. The molecule has 1 atom stereocenters. The lowest BCUT2D eigenvalue weighted by Crippen LogP contribution is -2.43. The lowest BCUT2D eigenvalue weighted by atomic mass is 10.1. The number of amides is 1. The second-order valence-electron chi connectivity index (χ2n) is 7.27. The second kappa shape index (κ2) is 9.04. The fraction of sp³-hybridized carbons (Fsp3) is 0.318. The number of hydrogen-bond donors (Lipinski definition) is 1. The number of carbonyl (C=O) groups excluding carboxylic acids is 1. The molecule has 1 unspecified atom stereocenters. The van der Waals surface area contributed by atoms with Gasteiger partial charge in [-0.1, -0.05) is 24.3 Å². The Morgan fingerprint density at radius 3 is 2.50 bits per heavy atom. The van der Waals surface area contributed by atoms with E-state index in [1.54, 1.807) is 43.3 Å². The highest BCUT2D eigenvalue weighted by Crippen LogP contribution is 2.18. The molecule has 158 valence electrons. The van der Waals surface area contributed by atoms with Gasteiger partial charge in [0.25, 0.3) is 5.56 Å². The predicted octanol–water partition coefficient (Wildman–Crippen LogP) is 1.74. The molecule has 1 heterocycles. The number of aromatic nitrogens is 2. The van der Waals surface area contributed by atoms with Crippen molar-refractivity contribution in [1.29, 1.82) is 0 Å². The first-order valence-corrected chi connectivity index (χ1v) is 9.74. The van der Waals surface area contributed by atoms with Gasteiger partial charge in [0.15, 0.2) is 0 Å². The number of carbonyl (C=O) groups is 1. The fourth-order valence-electron chi connectivity index (χ4n) is 3.52. The third-order valence-electron chi connectivity index (χ3n) is 5.10. The van der Waals surface area contributed by atoms with Crippen LogP contribution in [-0.4, -0.2) is 40.6 Å². The number of rotatable bonds is 7. The highest BCUT2D eigenvalue weighted by Gasteiger charge is 2.18. The smallest absolute Gasteiger partial charge is 0.331 e. The zero-order chi connectivity index (χ0) is 21.8. The van der Waals surface area contributed by atoms with Gasteiger partial charge < -0.3 is 10.2 Å². The molecule has 8 heteroatoms. The van der Waals surface area contributed by atoms with Gasteiger partial charge in [-0.05, 0) is 50.8 Å². The number of nitrogens with zero attached hydrogens (tertiary/aromatic N) is 3. The minimum Gasteiger partial charge on any atom is -0.353 e. The van der Waals surface area contributed by atoms with Gasteiger partial charge in [0.05, 0.1) is 16.9 Å². The molecule has 1 amide bonds. The van der Waals surface area contributed by atoms with Crippen molar-refractivity contribution in [2.45, 2.75) is 26.1 Å². The van der Waals surface area contributed by atoms with Crippen LogP contribution in [0, 0.1) is 5.82 Å². The van der Waals surface area contributed by atoms with Crippen molar-refractivity contribution in [2.75, 3.05) is 20.6 Å². The van der Waals surface area contributed by atoms with Gasteiger partial charge in [0, 0.05) is 13.1 Å². The average molecular weight is 412 g/mol.